The largest absolute Gasteiger partial charge is 0.368 e. The van der Waals surface area contributed by atoms with Crippen LogP contribution in [0, 0.1) is 0 Å². The van der Waals surface area contributed by atoms with Crippen molar-refractivity contribution in [3.8, 4) is 0 Å². The van der Waals surface area contributed by atoms with Crippen molar-refractivity contribution in [1.82, 2.24) is 0 Å². The molecule has 1 aliphatic rings. The van der Waals surface area contributed by atoms with Crippen molar-refractivity contribution in [2.24, 2.45) is 0 Å². The number of anilines is 1. The molecule has 1 heterocycles. The zero-order chi connectivity index (χ0) is 13.0. The molecule has 100 valence electrons. The van der Waals surface area contributed by atoms with Crippen LogP contribution in [-0.2, 0) is 5.88 Å². The first-order valence-corrected chi connectivity index (χ1v) is 8.20. The van der Waals surface area contributed by atoms with Crippen LogP contribution in [0.25, 0.3) is 0 Å². The summed E-state index contributed by atoms with van der Waals surface area (Å²) < 4.78 is 1.15. The maximum absolute atomic E-state index is 6.09. The lowest BCUT2D eigenvalue weighted by Gasteiger charge is -2.38. The van der Waals surface area contributed by atoms with Gasteiger partial charge in [0.15, 0.2) is 0 Å². The number of nitrogens with zero attached hydrogens (tertiary/aromatic N) is 1. The van der Waals surface area contributed by atoms with Gasteiger partial charge in [0.1, 0.15) is 0 Å². The second kappa shape index (κ2) is 6.81. The predicted molar refractivity (Wildman–Crippen MR) is 83.6 cm³/mol. The van der Waals surface area contributed by atoms with Gasteiger partial charge in [-0.1, -0.05) is 35.3 Å². The van der Waals surface area contributed by atoms with Crippen LogP contribution >= 0.6 is 27.5 Å². The summed E-state index contributed by atoms with van der Waals surface area (Å²) in [6.07, 6.45) is 6.53. The van der Waals surface area contributed by atoms with Gasteiger partial charge in [0.05, 0.1) is 0 Å². The lowest BCUT2D eigenvalue weighted by Crippen LogP contribution is -2.40. The molecule has 0 aliphatic carbocycles. The Bertz CT molecular complexity index is 392. The van der Waals surface area contributed by atoms with E-state index in [-0.39, 0.29) is 0 Å². The van der Waals surface area contributed by atoms with Gasteiger partial charge in [0.2, 0.25) is 0 Å². The fourth-order valence-corrected chi connectivity index (χ4v) is 3.44. The Kier molecular flexibility index (Phi) is 5.38. The van der Waals surface area contributed by atoms with Crippen LogP contribution in [0.1, 0.15) is 44.6 Å². The molecule has 0 radical (unpaired) electrons. The number of piperidine rings is 1. The molecule has 0 aromatic heterocycles. The van der Waals surface area contributed by atoms with Gasteiger partial charge in [-0.3, -0.25) is 0 Å². The van der Waals surface area contributed by atoms with Crippen molar-refractivity contribution >= 4 is 33.2 Å². The quantitative estimate of drug-likeness (QED) is 0.673. The van der Waals surface area contributed by atoms with Gasteiger partial charge in [-0.15, -0.1) is 11.6 Å². The number of hydrogen-bond donors (Lipinski definition) is 0. The van der Waals surface area contributed by atoms with E-state index in [4.69, 9.17) is 11.6 Å². The van der Waals surface area contributed by atoms with E-state index in [1.165, 1.54) is 49.9 Å². The summed E-state index contributed by atoms with van der Waals surface area (Å²) in [6, 6.07) is 7.15. The number of halogens is 2. The summed E-state index contributed by atoms with van der Waals surface area (Å²) in [5.41, 5.74) is 2.58. The molecule has 1 nitrogen and oxygen atoms in total. The van der Waals surface area contributed by atoms with Crippen LogP contribution in [-0.4, -0.2) is 12.6 Å². The van der Waals surface area contributed by atoms with Gasteiger partial charge >= 0.3 is 0 Å². The average Bonchev–Trinajstić information content (AvgIpc) is 2.40. The summed E-state index contributed by atoms with van der Waals surface area (Å²) in [5.74, 6) is 0.595. The molecule has 0 N–H and O–H groups in total. The highest BCUT2D eigenvalue weighted by molar-refractivity contribution is 9.10. The Labute approximate surface area is 124 Å². The Balaban J connectivity index is 2.29. The molecule has 3 heteroatoms. The standard InChI is InChI=1S/C15H21BrClN/c1-2-5-14-6-3-4-9-18(14)15-10-13(16)8-7-12(15)11-17/h7-8,10,14H,2-6,9,11H2,1H3. The molecule has 1 saturated heterocycles. The van der Waals surface area contributed by atoms with Gasteiger partial charge in [-0.25, -0.2) is 0 Å². The molecule has 0 spiro atoms. The molecular weight excluding hydrogens is 310 g/mol. The minimum Gasteiger partial charge on any atom is -0.368 e. The highest BCUT2D eigenvalue weighted by Gasteiger charge is 2.23. The van der Waals surface area contributed by atoms with Crippen LogP contribution in [0.4, 0.5) is 5.69 Å². The second-order valence-corrected chi connectivity index (χ2v) is 6.22. The molecule has 2 rings (SSSR count). The fraction of sp³-hybridized carbons (Fsp3) is 0.600. The van der Waals surface area contributed by atoms with Gasteiger partial charge < -0.3 is 4.90 Å². The van der Waals surface area contributed by atoms with Crippen molar-refractivity contribution in [2.75, 3.05) is 11.4 Å². The zero-order valence-corrected chi connectivity index (χ0v) is 13.3. The van der Waals surface area contributed by atoms with Crippen molar-refractivity contribution in [3.63, 3.8) is 0 Å². The van der Waals surface area contributed by atoms with E-state index < -0.39 is 0 Å². The van der Waals surface area contributed by atoms with Gasteiger partial charge in [0, 0.05) is 28.6 Å². The fourth-order valence-electron chi connectivity index (χ4n) is 2.87. The molecule has 1 aliphatic heterocycles. The van der Waals surface area contributed by atoms with Gasteiger partial charge in [0.25, 0.3) is 0 Å². The number of rotatable bonds is 4. The number of alkyl halides is 1. The molecule has 1 aromatic rings. The van der Waals surface area contributed by atoms with Gasteiger partial charge in [-0.05, 0) is 43.4 Å². The molecule has 0 saturated carbocycles. The van der Waals surface area contributed by atoms with E-state index >= 15 is 0 Å². The summed E-state index contributed by atoms with van der Waals surface area (Å²) >= 11 is 9.67. The van der Waals surface area contributed by atoms with E-state index in [1.807, 2.05) is 0 Å². The molecule has 18 heavy (non-hydrogen) atoms. The molecule has 1 aromatic carbocycles. The van der Waals surface area contributed by atoms with E-state index in [0.717, 1.165) is 4.47 Å². The Morgan fingerprint density at radius 1 is 1.39 bits per heavy atom. The minimum atomic E-state index is 0.595. The lowest BCUT2D eigenvalue weighted by atomic mass is 9.96. The van der Waals surface area contributed by atoms with E-state index in [2.05, 4.69) is 46.0 Å². The first-order valence-electron chi connectivity index (χ1n) is 6.87. The minimum absolute atomic E-state index is 0.595. The molecule has 0 amide bonds. The van der Waals surface area contributed by atoms with Crippen molar-refractivity contribution in [2.45, 2.75) is 50.9 Å². The SMILES string of the molecule is CCCC1CCCCN1c1cc(Br)ccc1CCl. The Hall–Kier alpha value is -0.210. The maximum atomic E-state index is 6.09. The van der Waals surface area contributed by atoms with Crippen LogP contribution in [0.5, 0.6) is 0 Å². The highest BCUT2D eigenvalue weighted by atomic mass is 79.9. The van der Waals surface area contributed by atoms with Gasteiger partial charge in [-0.2, -0.15) is 0 Å². The first kappa shape index (κ1) is 14.2. The second-order valence-electron chi connectivity index (χ2n) is 5.04. The first-order chi connectivity index (χ1) is 8.76. The lowest BCUT2D eigenvalue weighted by molar-refractivity contribution is 0.434. The zero-order valence-electron chi connectivity index (χ0n) is 11.0. The highest BCUT2D eigenvalue weighted by Crippen LogP contribution is 2.32. The third-order valence-electron chi connectivity index (χ3n) is 3.75. The molecule has 1 fully saturated rings. The van der Waals surface area contributed by atoms with E-state index in [1.54, 1.807) is 0 Å². The topological polar surface area (TPSA) is 3.24 Å². The predicted octanol–water partition coefficient (Wildman–Crippen LogP) is 5.35. The van der Waals surface area contributed by atoms with Crippen molar-refractivity contribution < 1.29 is 0 Å². The van der Waals surface area contributed by atoms with E-state index in [9.17, 15) is 0 Å². The molecule has 1 unspecified atom stereocenters. The average molecular weight is 331 g/mol. The van der Waals surface area contributed by atoms with Crippen LogP contribution in [0.3, 0.4) is 0 Å². The molecule has 1 atom stereocenters. The Morgan fingerprint density at radius 2 is 2.22 bits per heavy atom. The normalized spacial score (nSPS) is 20.2. The van der Waals surface area contributed by atoms with Crippen molar-refractivity contribution in [1.29, 1.82) is 0 Å². The van der Waals surface area contributed by atoms with Crippen LogP contribution in [0.2, 0.25) is 0 Å². The Morgan fingerprint density at radius 3 is 2.94 bits per heavy atom. The third kappa shape index (κ3) is 3.21. The molecular formula is C15H21BrClN. The smallest absolute Gasteiger partial charge is 0.0494 e. The van der Waals surface area contributed by atoms with Crippen LogP contribution < -0.4 is 4.90 Å². The summed E-state index contributed by atoms with van der Waals surface area (Å²) in [4.78, 5) is 2.58. The van der Waals surface area contributed by atoms with Crippen molar-refractivity contribution in [3.05, 3.63) is 28.2 Å². The summed E-state index contributed by atoms with van der Waals surface area (Å²) in [6.45, 7) is 3.45. The number of benzene rings is 1. The van der Waals surface area contributed by atoms with Crippen LogP contribution in [0.15, 0.2) is 22.7 Å². The summed E-state index contributed by atoms with van der Waals surface area (Å²) in [5, 5.41) is 0. The monoisotopic (exact) mass is 329 g/mol. The maximum Gasteiger partial charge on any atom is 0.0494 e. The third-order valence-corrected chi connectivity index (χ3v) is 4.53. The van der Waals surface area contributed by atoms with E-state index in [0.29, 0.717) is 11.9 Å². The molecule has 0 bridgehead atoms. The number of hydrogen-bond acceptors (Lipinski definition) is 1. The summed E-state index contributed by atoms with van der Waals surface area (Å²) in [7, 11) is 0.